The van der Waals surface area contributed by atoms with Crippen molar-refractivity contribution >= 4 is 28.6 Å². The van der Waals surface area contributed by atoms with Gasteiger partial charge in [0.25, 0.3) is 11.5 Å². The molecular weight excluding hydrogens is 488 g/mol. The summed E-state index contributed by atoms with van der Waals surface area (Å²) >= 11 is 0. The topological polar surface area (TPSA) is 113 Å². The lowest BCUT2D eigenvalue weighted by atomic mass is 9.93. The van der Waals surface area contributed by atoms with Crippen LogP contribution in [0.2, 0.25) is 0 Å². The summed E-state index contributed by atoms with van der Waals surface area (Å²) in [6, 6.07) is 19.1. The van der Waals surface area contributed by atoms with E-state index < -0.39 is 5.91 Å². The van der Waals surface area contributed by atoms with Crippen LogP contribution in [0, 0.1) is 23.7 Å². The average Bonchev–Trinajstić information content (AvgIpc) is 2.90. The fourth-order valence-electron chi connectivity index (χ4n) is 4.38. The molecule has 2 N–H and O–H groups in total. The first kappa shape index (κ1) is 27.3. The number of nitrogens with zero attached hydrogens (tertiary/aromatic N) is 4. The first-order valence-corrected chi connectivity index (χ1v) is 12.8. The van der Waals surface area contributed by atoms with Crippen LogP contribution in [0.1, 0.15) is 31.9 Å². The lowest BCUT2D eigenvalue weighted by Crippen LogP contribution is -2.24. The second-order valence-electron chi connectivity index (χ2n) is 10.5. The van der Waals surface area contributed by atoms with Gasteiger partial charge in [0.2, 0.25) is 5.95 Å². The zero-order chi connectivity index (χ0) is 28.2. The molecule has 0 spiro atoms. The van der Waals surface area contributed by atoms with E-state index in [1.807, 2.05) is 82.3 Å². The van der Waals surface area contributed by atoms with Crippen molar-refractivity contribution in [1.82, 2.24) is 14.5 Å². The van der Waals surface area contributed by atoms with Gasteiger partial charge in [0.15, 0.2) is 0 Å². The average molecular weight is 521 g/mol. The number of hydrogen-bond acceptors (Lipinski definition) is 6. The molecule has 0 saturated carbocycles. The molecule has 1 amide bonds. The molecule has 0 aliphatic heterocycles. The first-order chi connectivity index (χ1) is 18.6. The van der Waals surface area contributed by atoms with E-state index in [1.54, 1.807) is 30.0 Å². The molecule has 0 saturated heterocycles. The van der Waals surface area contributed by atoms with Crippen LogP contribution >= 0.6 is 0 Å². The van der Waals surface area contributed by atoms with Crippen molar-refractivity contribution in [1.29, 1.82) is 5.26 Å². The predicted molar refractivity (Wildman–Crippen MR) is 155 cm³/mol. The van der Waals surface area contributed by atoms with E-state index in [0.717, 1.165) is 22.1 Å². The number of carbonyl (C=O) groups is 1. The monoisotopic (exact) mass is 520 g/mol. The second-order valence-corrected chi connectivity index (χ2v) is 10.5. The first-order valence-electron chi connectivity index (χ1n) is 12.8. The summed E-state index contributed by atoms with van der Waals surface area (Å²) in [4.78, 5) is 35.4. The summed E-state index contributed by atoms with van der Waals surface area (Å²) < 4.78 is 1.69. The van der Waals surface area contributed by atoms with Crippen LogP contribution in [-0.4, -0.2) is 27.5 Å². The molecule has 0 aliphatic rings. The highest BCUT2D eigenvalue weighted by molar-refractivity contribution is 6.06. The van der Waals surface area contributed by atoms with Gasteiger partial charge < -0.3 is 10.6 Å². The molecule has 198 valence electrons. The molecule has 2 heterocycles. The third-order valence-electron chi connectivity index (χ3n) is 6.24. The molecule has 0 unspecified atom stereocenters. The zero-order valence-corrected chi connectivity index (χ0v) is 22.9. The third-order valence-corrected chi connectivity index (χ3v) is 6.24. The van der Waals surface area contributed by atoms with Crippen molar-refractivity contribution in [2.45, 2.75) is 40.7 Å². The van der Waals surface area contributed by atoms with Crippen LogP contribution in [0.5, 0.6) is 0 Å². The summed E-state index contributed by atoms with van der Waals surface area (Å²) in [5.41, 5.74) is 4.17. The molecule has 0 atom stereocenters. The van der Waals surface area contributed by atoms with Gasteiger partial charge in [-0.2, -0.15) is 10.2 Å². The molecule has 2 aromatic heterocycles. The fraction of sp³-hybridized carbons (Fsp3) is 0.258. The van der Waals surface area contributed by atoms with Crippen molar-refractivity contribution < 1.29 is 4.79 Å². The molecular formula is C31H32N6O2. The van der Waals surface area contributed by atoms with Crippen molar-refractivity contribution in [3.8, 4) is 17.2 Å². The third kappa shape index (κ3) is 6.39. The van der Waals surface area contributed by atoms with E-state index in [-0.39, 0.29) is 16.5 Å². The smallest absolute Gasteiger partial charge is 0.265 e. The Kier molecular flexibility index (Phi) is 7.91. The molecule has 0 bridgehead atoms. The number of aromatic nitrogens is 3. The summed E-state index contributed by atoms with van der Waals surface area (Å²) in [6.45, 7) is 8.16. The van der Waals surface area contributed by atoms with Gasteiger partial charge in [-0.25, -0.2) is 4.98 Å². The number of allylic oxidation sites excluding steroid dienone is 1. The quantitative estimate of drug-likeness (QED) is 0.246. The normalized spacial score (nSPS) is 11.7. The number of nitriles is 1. The van der Waals surface area contributed by atoms with Crippen LogP contribution in [0.3, 0.4) is 0 Å². The Balaban J connectivity index is 1.67. The standard InChI is InChI=1S/C31H32N6O2/c1-20-9-6-7-12-25(20)26-16-22-19-34-30(33-5)36-27(22)37(29(26)39)14-13-21-10-8-11-24(15-21)35-28(38)23(18-32)17-31(2,3)4/h6-12,15-17,19H,13-14H2,1-5H3,(H,35,38)(H,33,34,36). The molecule has 0 aliphatic carbocycles. The second kappa shape index (κ2) is 11.3. The van der Waals surface area contributed by atoms with Crippen LogP contribution in [0.25, 0.3) is 22.2 Å². The number of pyridine rings is 1. The Morgan fingerprint density at radius 1 is 1.10 bits per heavy atom. The number of fused-ring (bicyclic) bond motifs is 1. The van der Waals surface area contributed by atoms with Crippen molar-refractivity contribution in [3.05, 3.63) is 93.9 Å². The SMILES string of the molecule is CNc1ncc2cc(-c3ccccc3C)c(=O)n(CCc3cccc(NC(=O)C(C#N)=CC(C)(C)C)c3)c2n1. The highest BCUT2D eigenvalue weighted by Gasteiger charge is 2.16. The van der Waals surface area contributed by atoms with Crippen LogP contribution < -0.4 is 16.2 Å². The summed E-state index contributed by atoms with van der Waals surface area (Å²) in [5.74, 6) is -0.0189. The number of aryl methyl sites for hydroxylation is 3. The van der Waals surface area contributed by atoms with Crippen molar-refractivity contribution in [3.63, 3.8) is 0 Å². The minimum absolute atomic E-state index is 0.0685. The van der Waals surface area contributed by atoms with Gasteiger partial charge >= 0.3 is 0 Å². The van der Waals surface area contributed by atoms with Gasteiger partial charge in [0.05, 0.1) is 0 Å². The number of rotatable bonds is 7. The highest BCUT2D eigenvalue weighted by atomic mass is 16.1. The number of amides is 1. The summed E-state index contributed by atoms with van der Waals surface area (Å²) in [5, 5.41) is 16.0. The maximum absolute atomic E-state index is 13.8. The van der Waals surface area contributed by atoms with E-state index in [2.05, 4.69) is 20.6 Å². The molecule has 39 heavy (non-hydrogen) atoms. The summed E-state index contributed by atoms with van der Waals surface area (Å²) in [7, 11) is 1.74. The van der Waals surface area contributed by atoms with Gasteiger partial charge in [-0.3, -0.25) is 14.2 Å². The molecule has 8 nitrogen and oxygen atoms in total. The molecule has 0 radical (unpaired) electrons. The Labute approximate surface area is 228 Å². The number of anilines is 2. The number of carbonyl (C=O) groups excluding carboxylic acids is 1. The number of hydrogen-bond donors (Lipinski definition) is 2. The number of benzene rings is 2. The lowest BCUT2D eigenvalue weighted by molar-refractivity contribution is -0.112. The van der Waals surface area contributed by atoms with E-state index >= 15 is 0 Å². The van der Waals surface area contributed by atoms with Crippen LogP contribution in [-0.2, 0) is 17.8 Å². The molecule has 2 aromatic carbocycles. The van der Waals surface area contributed by atoms with Crippen molar-refractivity contribution in [2.24, 2.45) is 5.41 Å². The minimum atomic E-state index is -0.450. The molecule has 4 aromatic rings. The summed E-state index contributed by atoms with van der Waals surface area (Å²) in [6.07, 6.45) is 3.91. The molecule has 8 heteroatoms. The van der Waals surface area contributed by atoms with Gasteiger partial charge in [-0.15, -0.1) is 0 Å². The highest BCUT2D eigenvalue weighted by Crippen LogP contribution is 2.24. The van der Waals surface area contributed by atoms with Gasteiger partial charge in [0, 0.05) is 36.4 Å². The van der Waals surface area contributed by atoms with Gasteiger partial charge in [-0.1, -0.05) is 63.2 Å². The molecule has 4 rings (SSSR count). The zero-order valence-electron chi connectivity index (χ0n) is 22.9. The largest absolute Gasteiger partial charge is 0.357 e. The maximum Gasteiger partial charge on any atom is 0.265 e. The van der Waals surface area contributed by atoms with E-state index in [9.17, 15) is 14.9 Å². The Morgan fingerprint density at radius 2 is 1.87 bits per heavy atom. The van der Waals surface area contributed by atoms with E-state index in [0.29, 0.717) is 35.8 Å². The van der Waals surface area contributed by atoms with Gasteiger partial charge in [0.1, 0.15) is 17.3 Å². The minimum Gasteiger partial charge on any atom is -0.357 e. The maximum atomic E-state index is 13.8. The Morgan fingerprint density at radius 3 is 2.56 bits per heavy atom. The fourth-order valence-corrected chi connectivity index (χ4v) is 4.38. The Bertz CT molecular complexity index is 1670. The molecule has 0 fully saturated rings. The van der Waals surface area contributed by atoms with Crippen molar-refractivity contribution in [2.75, 3.05) is 17.7 Å². The number of nitrogens with one attached hydrogen (secondary N) is 2. The van der Waals surface area contributed by atoms with E-state index in [4.69, 9.17) is 0 Å². The Hall–Kier alpha value is -4.77. The lowest BCUT2D eigenvalue weighted by Gasteiger charge is -2.15. The predicted octanol–water partition coefficient (Wildman–Crippen LogP) is 5.49. The van der Waals surface area contributed by atoms with E-state index in [1.165, 1.54) is 0 Å². The van der Waals surface area contributed by atoms with Gasteiger partial charge in [-0.05, 0) is 53.6 Å². The van der Waals surface area contributed by atoms with Crippen LogP contribution in [0.15, 0.2) is 77.2 Å². The van der Waals surface area contributed by atoms with Crippen LogP contribution in [0.4, 0.5) is 11.6 Å².